The minimum absolute atomic E-state index is 0.441. The van der Waals surface area contributed by atoms with Gasteiger partial charge in [0.1, 0.15) is 5.75 Å². The molecule has 2 aromatic carbocycles. The summed E-state index contributed by atoms with van der Waals surface area (Å²) in [5.74, 6) is 0.304. The van der Waals surface area contributed by atoms with E-state index in [9.17, 15) is 4.79 Å². The lowest BCUT2D eigenvalue weighted by Gasteiger charge is -2.11. The highest BCUT2D eigenvalue weighted by Gasteiger charge is 2.09. The first kappa shape index (κ1) is 17.6. The molecule has 24 heavy (non-hydrogen) atoms. The Morgan fingerprint density at radius 3 is 2.25 bits per heavy atom. The number of ether oxygens (including phenoxy) is 1. The Morgan fingerprint density at radius 1 is 1.04 bits per heavy atom. The number of rotatable bonds is 7. The van der Waals surface area contributed by atoms with Crippen molar-refractivity contribution in [3.8, 4) is 5.75 Å². The van der Waals surface area contributed by atoms with Gasteiger partial charge in [0, 0.05) is 5.56 Å². The van der Waals surface area contributed by atoms with Crippen molar-refractivity contribution in [2.75, 3.05) is 6.61 Å². The SMILES string of the molecule is C/C=C(\NOC(=O)c1ccc(OCCC)cc1)c1ccc(C)cc1. The third kappa shape index (κ3) is 4.88. The highest BCUT2D eigenvalue weighted by Crippen LogP contribution is 2.15. The smallest absolute Gasteiger partial charge is 0.362 e. The molecule has 126 valence electrons. The molecule has 4 nitrogen and oxygen atoms in total. The zero-order chi connectivity index (χ0) is 17.4. The van der Waals surface area contributed by atoms with Crippen LogP contribution in [0.4, 0.5) is 0 Å². The fourth-order valence-electron chi connectivity index (χ4n) is 2.09. The van der Waals surface area contributed by atoms with Gasteiger partial charge in [-0.25, -0.2) is 10.3 Å². The summed E-state index contributed by atoms with van der Waals surface area (Å²) in [4.78, 5) is 17.3. The molecule has 0 saturated carbocycles. The number of carbonyl (C=O) groups excluding carboxylic acids is 1. The Morgan fingerprint density at radius 2 is 1.67 bits per heavy atom. The van der Waals surface area contributed by atoms with E-state index in [0.717, 1.165) is 23.4 Å². The Kier molecular flexibility index (Phi) is 6.43. The molecule has 0 radical (unpaired) electrons. The number of hydrogen-bond acceptors (Lipinski definition) is 4. The lowest BCUT2D eigenvalue weighted by Crippen LogP contribution is -2.18. The van der Waals surface area contributed by atoms with Crippen LogP contribution in [0.25, 0.3) is 5.70 Å². The molecule has 0 amide bonds. The zero-order valence-corrected chi connectivity index (χ0v) is 14.3. The van der Waals surface area contributed by atoms with E-state index in [4.69, 9.17) is 9.57 Å². The molecular weight excluding hydrogens is 302 g/mol. The van der Waals surface area contributed by atoms with Crippen LogP contribution in [0.2, 0.25) is 0 Å². The average molecular weight is 325 g/mol. The molecule has 2 rings (SSSR count). The summed E-state index contributed by atoms with van der Waals surface area (Å²) in [5.41, 5.74) is 6.07. The number of allylic oxidation sites excluding steroid dienone is 1. The molecule has 0 aliphatic rings. The minimum Gasteiger partial charge on any atom is -0.494 e. The second-order valence-corrected chi connectivity index (χ2v) is 5.43. The van der Waals surface area contributed by atoms with Crippen molar-refractivity contribution in [3.05, 3.63) is 71.3 Å². The van der Waals surface area contributed by atoms with Gasteiger partial charge in [-0.05, 0) is 44.5 Å². The lowest BCUT2D eigenvalue weighted by atomic mass is 10.1. The van der Waals surface area contributed by atoms with E-state index in [2.05, 4.69) is 5.48 Å². The van der Waals surface area contributed by atoms with Crippen LogP contribution in [-0.4, -0.2) is 12.6 Å². The number of benzene rings is 2. The van der Waals surface area contributed by atoms with Crippen molar-refractivity contribution in [2.24, 2.45) is 0 Å². The van der Waals surface area contributed by atoms with Gasteiger partial charge in [-0.1, -0.05) is 42.8 Å². The molecule has 0 saturated heterocycles. The van der Waals surface area contributed by atoms with E-state index in [1.807, 2.05) is 51.1 Å². The molecule has 1 N–H and O–H groups in total. The third-order valence-corrected chi connectivity index (χ3v) is 3.47. The number of hydroxylamine groups is 1. The summed E-state index contributed by atoms with van der Waals surface area (Å²) in [6.45, 7) is 6.62. The molecule has 0 spiro atoms. The first-order valence-electron chi connectivity index (χ1n) is 8.07. The predicted octanol–water partition coefficient (Wildman–Crippen LogP) is 4.51. The van der Waals surface area contributed by atoms with Gasteiger partial charge in [-0.15, -0.1) is 0 Å². The van der Waals surface area contributed by atoms with Crippen molar-refractivity contribution < 1.29 is 14.4 Å². The van der Waals surface area contributed by atoms with Gasteiger partial charge in [0.15, 0.2) is 0 Å². The van der Waals surface area contributed by atoms with Crippen LogP contribution in [0.5, 0.6) is 5.75 Å². The molecule has 0 unspecified atom stereocenters. The standard InChI is InChI=1S/C20H23NO3/c1-4-14-23-18-12-10-17(11-13-18)20(22)24-21-19(5-2)16-8-6-15(3)7-9-16/h5-13,21H,4,14H2,1-3H3/b19-5-. The summed E-state index contributed by atoms with van der Waals surface area (Å²) in [6, 6.07) is 14.9. The van der Waals surface area contributed by atoms with Crippen molar-refractivity contribution in [2.45, 2.75) is 27.2 Å². The first-order chi connectivity index (χ1) is 11.6. The van der Waals surface area contributed by atoms with E-state index in [-0.39, 0.29) is 0 Å². The van der Waals surface area contributed by atoms with Crippen LogP contribution in [0, 0.1) is 6.92 Å². The van der Waals surface area contributed by atoms with E-state index >= 15 is 0 Å². The van der Waals surface area contributed by atoms with Crippen LogP contribution in [0.3, 0.4) is 0 Å². The fourth-order valence-corrected chi connectivity index (χ4v) is 2.09. The first-order valence-corrected chi connectivity index (χ1v) is 8.07. The highest BCUT2D eigenvalue weighted by atomic mass is 16.7. The van der Waals surface area contributed by atoms with Gasteiger partial charge in [-0.3, -0.25) is 0 Å². The van der Waals surface area contributed by atoms with Crippen molar-refractivity contribution in [1.82, 2.24) is 5.48 Å². The number of hydrogen-bond donors (Lipinski definition) is 1. The fraction of sp³-hybridized carbons (Fsp3) is 0.250. The predicted molar refractivity (Wildman–Crippen MR) is 95.6 cm³/mol. The van der Waals surface area contributed by atoms with Gasteiger partial charge < -0.3 is 9.57 Å². The molecule has 2 aromatic rings. The molecule has 0 aromatic heterocycles. The van der Waals surface area contributed by atoms with E-state index in [1.54, 1.807) is 24.3 Å². The Labute approximate surface area is 143 Å². The molecule has 0 aliphatic carbocycles. The number of aryl methyl sites for hydroxylation is 1. The monoisotopic (exact) mass is 325 g/mol. The van der Waals surface area contributed by atoms with Gasteiger partial charge >= 0.3 is 5.97 Å². The average Bonchev–Trinajstić information content (AvgIpc) is 2.62. The van der Waals surface area contributed by atoms with E-state index < -0.39 is 5.97 Å². The van der Waals surface area contributed by atoms with Crippen LogP contribution in [-0.2, 0) is 4.84 Å². The maximum Gasteiger partial charge on any atom is 0.362 e. The molecule has 0 aliphatic heterocycles. The second-order valence-electron chi connectivity index (χ2n) is 5.43. The molecular formula is C20H23NO3. The van der Waals surface area contributed by atoms with Crippen molar-refractivity contribution >= 4 is 11.7 Å². The van der Waals surface area contributed by atoms with Gasteiger partial charge in [0.05, 0.1) is 17.9 Å². The lowest BCUT2D eigenvalue weighted by molar-refractivity contribution is 0.0368. The number of nitrogens with one attached hydrogen (secondary N) is 1. The van der Waals surface area contributed by atoms with Crippen LogP contribution < -0.4 is 10.2 Å². The maximum atomic E-state index is 12.1. The maximum absolute atomic E-state index is 12.1. The van der Waals surface area contributed by atoms with Crippen LogP contribution in [0.1, 0.15) is 41.8 Å². The van der Waals surface area contributed by atoms with Gasteiger partial charge in [0.25, 0.3) is 0 Å². The van der Waals surface area contributed by atoms with Crippen molar-refractivity contribution in [3.63, 3.8) is 0 Å². The van der Waals surface area contributed by atoms with Gasteiger partial charge in [0.2, 0.25) is 0 Å². The van der Waals surface area contributed by atoms with E-state index in [1.165, 1.54) is 5.56 Å². The highest BCUT2D eigenvalue weighted by molar-refractivity contribution is 5.89. The summed E-state index contributed by atoms with van der Waals surface area (Å²) in [5, 5.41) is 0. The quantitative estimate of drug-likeness (QED) is 0.761. The minimum atomic E-state index is -0.441. The Hall–Kier alpha value is -2.75. The zero-order valence-electron chi connectivity index (χ0n) is 14.3. The van der Waals surface area contributed by atoms with Gasteiger partial charge in [-0.2, -0.15) is 0 Å². The van der Waals surface area contributed by atoms with Crippen LogP contribution in [0.15, 0.2) is 54.6 Å². The second kappa shape index (κ2) is 8.77. The molecule has 0 bridgehead atoms. The Balaban J connectivity index is 1.95. The van der Waals surface area contributed by atoms with Crippen LogP contribution >= 0.6 is 0 Å². The topological polar surface area (TPSA) is 47.6 Å². The van der Waals surface area contributed by atoms with E-state index in [0.29, 0.717) is 12.2 Å². The Bertz CT molecular complexity index is 688. The third-order valence-electron chi connectivity index (χ3n) is 3.47. The van der Waals surface area contributed by atoms with Crippen molar-refractivity contribution in [1.29, 1.82) is 0 Å². The summed E-state index contributed by atoms with van der Waals surface area (Å²) < 4.78 is 5.50. The molecule has 0 fully saturated rings. The summed E-state index contributed by atoms with van der Waals surface area (Å²) in [6.07, 6.45) is 2.80. The normalized spacial score (nSPS) is 11.0. The largest absolute Gasteiger partial charge is 0.494 e. The molecule has 0 atom stereocenters. The molecule has 0 heterocycles. The summed E-state index contributed by atoms with van der Waals surface area (Å²) >= 11 is 0. The summed E-state index contributed by atoms with van der Waals surface area (Å²) in [7, 11) is 0. The molecule has 4 heteroatoms. The number of carbonyl (C=O) groups is 1.